The van der Waals surface area contributed by atoms with Crippen molar-refractivity contribution in [3.05, 3.63) is 57.1 Å². The molecule has 0 bridgehead atoms. The summed E-state index contributed by atoms with van der Waals surface area (Å²) in [6.07, 6.45) is 2.01. The summed E-state index contributed by atoms with van der Waals surface area (Å²) in [7, 11) is 0. The summed E-state index contributed by atoms with van der Waals surface area (Å²) < 4.78 is 1.73. The summed E-state index contributed by atoms with van der Waals surface area (Å²) >= 11 is 7.38. The number of carbonyl (C=O) groups is 1. The topological polar surface area (TPSA) is 107 Å². The molecule has 3 aromatic rings. The van der Waals surface area contributed by atoms with E-state index >= 15 is 0 Å². The molecule has 1 N–H and O–H groups in total. The molecule has 2 aromatic heterocycles. The molecule has 0 aliphatic rings. The van der Waals surface area contributed by atoms with E-state index in [1.54, 1.807) is 28.3 Å². The van der Waals surface area contributed by atoms with Gasteiger partial charge in [-0.25, -0.2) is 4.98 Å². The van der Waals surface area contributed by atoms with E-state index in [0.29, 0.717) is 27.8 Å². The van der Waals surface area contributed by atoms with Crippen molar-refractivity contribution < 1.29 is 4.79 Å². The zero-order chi connectivity index (χ0) is 20.1. The number of halogens is 1. The number of carbonyl (C=O) groups excluding carboxylic acids is 1. The lowest BCUT2D eigenvalue weighted by Gasteiger charge is -2.13. The van der Waals surface area contributed by atoms with Crippen LogP contribution >= 0.6 is 22.9 Å². The van der Waals surface area contributed by atoms with Crippen LogP contribution in [0.3, 0.4) is 0 Å². The second kappa shape index (κ2) is 8.66. The van der Waals surface area contributed by atoms with Crippen LogP contribution in [-0.4, -0.2) is 26.7 Å². The van der Waals surface area contributed by atoms with Crippen molar-refractivity contribution in [3.63, 3.8) is 0 Å². The average Bonchev–Trinajstić information content (AvgIpc) is 3.31. The van der Waals surface area contributed by atoms with Crippen LogP contribution in [-0.2, 0) is 13.0 Å². The molecule has 7 nitrogen and oxygen atoms in total. The van der Waals surface area contributed by atoms with Gasteiger partial charge < -0.3 is 5.32 Å². The molecule has 0 radical (unpaired) electrons. The van der Waals surface area contributed by atoms with E-state index in [1.807, 2.05) is 31.3 Å². The first kappa shape index (κ1) is 19.6. The Morgan fingerprint density at radius 1 is 1.39 bits per heavy atom. The molecule has 1 amide bonds. The molecule has 0 aliphatic carbocycles. The Morgan fingerprint density at radius 2 is 2.21 bits per heavy atom. The van der Waals surface area contributed by atoms with E-state index in [9.17, 15) is 4.79 Å². The highest BCUT2D eigenvalue weighted by molar-refractivity contribution is 7.09. The quantitative estimate of drug-likeness (QED) is 0.669. The van der Waals surface area contributed by atoms with Crippen molar-refractivity contribution in [1.29, 1.82) is 10.5 Å². The number of rotatable bonds is 6. The van der Waals surface area contributed by atoms with E-state index in [-0.39, 0.29) is 18.4 Å². The van der Waals surface area contributed by atoms with Crippen LogP contribution in [0.2, 0.25) is 5.02 Å². The standard InChI is InChI=1S/C19H15ClN6OS/c1-12(23-19(27)17-11-28-18(24-17)4-6-21)10-26-7-5-16(25-26)13-2-3-14(9-22)15(20)8-13/h2-3,5,7-8,11-12H,4,10H2,1H3,(H,23,27). The summed E-state index contributed by atoms with van der Waals surface area (Å²) in [5.41, 5.74) is 2.27. The second-order valence-corrected chi connectivity index (χ2v) is 7.42. The van der Waals surface area contributed by atoms with Crippen molar-refractivity contribution in [1.82, 2.24) is 20.1 Å². The smallest absolute Gasteiger partial charge is 0.271 e. The van der Waals surface area contributed by atoms with Gasteiger partial charge in [0.25, 0.3) is 5.91 Å². The maximum Gasteiger partial charge on any atom is 0.271 e. The zero-order valence-corrected chi connectivity index (χ0v) is 16.5. The number of nitrogens with one attached hydrogen (secondary N) is 1. The molecular weight excluding hydrogens is 396 g/mol. The number of benzene rings is 1. The maximum atomic E-state index is 12.3. The van der Waals surface area contributed by atoms with E-state index in [1.165, 1.54) is 11.3 Å². The van der Waals surface area contributed by atoms with Crippen LogP contribution in [0.25, 0.3) is 11.3 Å². The molecule has 0 fully saturated rings. The van der Waals surface area contributed by atoms with Crippen molar-refractivity contribution in [2.24, 2.45) is 0 Å². The number of hydrogen-bond donors (Lipinski definition) is 1. The highest BCUT2D eigenvalue weighted by atomic mass is 35.5. The van der Waals surface area contributed by atoms with Gasteiger partial charge in [-0.1, -0.05) is 17.7 Å². The Hall–Kier alpha value is -3.20. The number of amides is 1. The molecule has 9 heteroatoms. The molecule has 0 aliphatic heterocycles. The third kappa shape index (κ3) is 4.55. The Balaban J connectivity index is 1.62. The lowest BCUT2D eigenvalue weighted by molar-refractivity contribution is 0.0931. The third-order valence-electron chi connectivity index (χ3n) is 3.88. The van der Waals surface area contributed by atoms with Crippen LogP contribution in [0.4, 0.5) is 0 Å². The second-order valence-electron chi connectivity index (χ2n) is 6.07. The van der Waals surface area contributed by atoms with Crippen LogP contribution in [0, 0.1) is 22.7 Å². The maximum absolute atomic E-state index is 12.3. The molecule has 28 heavy (non-hydrogen) atoms. The Kier molecular flexibility index (Phi) is 6.05. The van der Waals surface area contributed by atoms with E-state index < -0.39 is 0 Å². The molecule has 1 atom stereocenters. The summed E-state index contributed by atoms with van der Waals surface area (Å²) in [4.78, 5) is 16.4. The molecule has 140 valence electrons. The van der Waals surface area contributed by atoms with Gasteiger partial charge in [0.15, 0.2) is 0 Å². The van der Waals surface area contributed by atoms with Gasteiger partial charge in [-0.3, -0.25) is 9.48 Å². The van der Waals surface area contributed by atoms with Gasteiger partial charge in [-0.2, -0.15) is 15.6 Å². The SMILES string of the molecule is CC(Cn1ccc(-c2ccc(C#N)c(Cl)c2)n1)NC(=O)c1csc(CC#N)n1. The Bertz CT molecular complexity index is 1090. The van der Waals surface area contributed by atoms with E-state index in [4.69, 9.17) is 22.1 Å². The predicted octanol–water partition coefficient (Wildman–Crippen LogP) is 3.42. The third-order valence-corrected chi connectivity index (χ3v) is 5.04. The lowest BCUT2D eigenvalue weighted by atomic mass is 10.1. The lowest BCUT2D eigenvalue weighted by Crippen LogP contribution is -2.36. The van der Waals surface area contributed by atoms with E-state index in [0.717, 1.165) is 11.3 Å². The van der Waals surface area contributed by atoms with Crippen molar-refractivity contribution in [2.45, 2.75) is 25.9 Å². The molecule has 1 aromatic carbocycles. The number of hydrogen-bond acceptors (Lipinski definition) is 6. The fourth-order valence-corrected chi connectivity index (χ4v) is 3.50. The molecule has 3 rings (SSSR count). The van der Waals surface area contributed by atoms with Crippen molar-refractivity contribution in [3.8, 4) is 23.4 Å². The zero-order valence-electron chi connectivity index (χ0n) is 14.9. The van der Waals surface area contributed by atoms with E-state index in [2.05, 4.69) is 15.4 Å². The monoisotopic (exact) mass is 410 g/mol. The van der Waals surface area contributed by atoms with Crippen molar-refractivity contribution in [2.75, 3.05) is 0 Å². The van der Waals surface area contributed by atoms with Gasteiger partial charge in [0.1, 0.15) is 16.8 Å². The Labute approximate surface area is 170 Å². The minimum absolute atomic E-state index is 0.175. The first-order valence-electron chi connectivity index (χ1n) is 8.36. The summed E-state index contributed by atoms with van der Waals surface area (Å²) in [6.45, 7) is 2.35. The van der Waals surface area contributed by atoms with Crippen LogP contribution in [0.5, 0.6) is 0 Å². The predicted molar refractivity (Wildman–Crippen MR) is 106 cm³/mol. The van der Waals surface area contributed by atoms with Gasteiger partial charge in [0.2, 0.25) is 0 Å². The first-order valence-corrected chi connectivity index (χ1v) is 9.61. The van der Waals surface area contributed by atoms with Gasteiger partial charge in [0.05, 0.1) is 35.3 Å². The van der Waals surface area contributed by atoms with Crippen molar-refractivity contribution >= 4 is 28.8 Å². The highest BCUT2D eigenvalue weighted by Crippen LogP contribution is 2.24. The largest absolute Gasteiger partial charge is 0.346 e. The number of nitrogens with zero attached hydrogens (tertiary/aromatic N) is 5. The number of thiazole rings is 1. The highest BCUT2D eigenvalue weighted by Gasteiger charge is 2.14. The minimum atomic E-state index is -0.279. The molecule has 0 saturated heterocycles. The fourth-order valence-electron chi connectivity index (χ4n) is 2.57. The van der Waals surface area contributed by atoms with Crippen LogP contribution in [0.15, 0.2) is 35.8 Å². The minimum Gasteiger partial charge on any atom is -0.346 e. The summed E-state index contributed by atoms with van der Waals surface area (Å²) in [5.74, 6) is -0.279. The normalized spacial score (nSPS) is 11.4. The number of nitriles is 2. The first-order chi connectivity index (χ1) is 13.5. The Morgan fingerprint density at radius 3 is 2.93 bits per heavy atom. The van der Waals surface area contributed by atoms with Crippen LogP contribution < -0.4 is 5.32 Å². The summed E-state index contributed by atoms with van der Waals surface area (Å²) in [5, 5.41) is 27.7. The summed E-state index contributed by atoms with van der Waals surface area (Å²) in [6, 6.07) is 10.9. The molecule has 1 unspecified atom stereocenters. The molecular formula is C19H15ClN6OS. The van der Waals surface area contributed by atoms with Gasteiger partial charge >= 0.3 is 0 Å². The molecule has 2 heterocycles. The van der Waals surface area contributed by atoms with Gasteiger partial charge in [-0.05, 0) is 25.1 Å². The fraction of sp³-hybridized carbons (Fsp3) is 0.211. The number of aromatic nitrogens is 3. The van der Waals surface area contributed by atoms with Crippen LogP contribution in [0.1, 0.15) is 28.0 Å². The molecule has 0 saturated carbocycles. The molecule has 0 spiro atoms. The van der Waals surface area contributed by atoms with Gasteiger partial charge in [0, 0.05) is 23.2 Å². The average molecular weight is 411 g/mol. The van der Waals surface area contributed by atoms with Gasteiger partial charge in [-0.15, -0.1) is 11.3 Å².